The number of benzene rings is 4. The van der Waals surface area contributed by atoms with Crippen LogP contribution in [0, 0.1) is 13.8 Å². The second-order valence-electron chi connectivity index (χ2n) is 8.92. The fourth-order valence-corrected chi connectivity index (χ4v) is 4.71. The number of hydrogen-bond acceptors (Lipinski definition) is 3. The van der Waals surface area contributed by atoms with Crippen LogP contribution in [0.5, 0.6) is 0 Å². The van der Waals surface area contributed by atoms with Gasteiger partial charge in [0, 0.05) is 11.1 Å². The van der Waals surface area contributed by atoms with Crippen molar-refractivity contribution in [3.8, 4) is 0 Å². The Morgan fingerprint density at radius 2 is 0.902 bits per heavy atom. The van der Waals surface area contributed by atoms with E-state index in [1.165, 1.54) is 0 Å². The quantitative estimate of drug-likeness (QED) is 0.132. The number of pyridine rings is 1. The molecule has 0 aliphatic rings. The summed E-state index contributed by atoms with van der Waals surface area (Å²) < 4.78 is 0. The molecule has 5 rings (SSSR count). The number of aryl methyl sites for hydroxylation is 2. The first-order valence-corrected chi connectivity index (χ1v) is 16.3. The van der Waals surface area contributed by atoms with Gasteiger partial charge in [0.2, 0.25) is 0 Å². The number of aliphatic imine (C=N–C) groups is 2. The Kier molecular flexibility index (Phi) is 11.6. The van der Waals surface area contributed by atoms with Crippen LogP contribution in [0.3, 0.4) is 0 Å². The average molecular weight is 661 g/mol. The molecule has 0 fully saturated rings. The van der Waals surface area contributed by atoms with Crippen LogP contribution in [0.25, 0.3) is 0 Å². The molecule has 0 aliphatic heterocycles. The zero-order valence-corrected chi connectivity index (χ0v) is 26.3. The van der Waals surface area contributed by atoms with Crippen LogP contribution in [0.4, 0.5) is 11.4 Å². The van der Waals surface area contributed by atoms with E-state index in [2.05, 4.69) is 0 Å². The minimum absolute atomic E-state index is 0.194. The van der Waals surface area contributed by atoms with Crippen molar-refractivity contribution in [3.63, 3.8) is 0 Å². The summed E-state index contributed by atoms with van der Waals surface area (Å²) in [5.41, 5.74) is 8.20. The van der Waals surface area contributed by atoms with Crippen LogP contribution in [0.15, 0.2) is 125 Å². The Labute approximate surface area is 265 Å². The molecule has 0 N–H and O–H groups in total. The molecule has 0 radical (unpaired) electrons. The molecule has 0 saturated carbocycles. The number of rotatable bonds is 6. The van der Waals surface area contributed by atoms with Gasteiger partial charge in [-0.25, -0.2) is 15.0 Å². The van der Waals surface area contributed by atoms with E-state index in [0.29, 0.717) is 21.4 Å². The van der Waals surface area contributed by atoms with E-state index >= 15 is 0 Å². The molecule has 5 aromatic rings. The molecule has 4 aromatic carbocycles. The van der Waals surface area contributed by atoms with Gasteiger partial charge >= 0.3 is 33.3 Å². The molecule has 0 atom stereocenters. The molecule has 0 bridgehead atoms. The fraction of sp³-hybridized carbons (Fsp3) is 0.0606. The summed E-state index contributed by atoms with van der Waals surface area (Å²) in [5, 5.41) is 1.19. The molecular formula is C33H25Cl4FeN3. The summed E-state index contributed by atoms with van der Waals surface area (Å²) in [4.78, 5) is 15.2. The van der Waals surface area contributed by atoms with E-state index in [9.17, 15) is 0 Å². The van der Waals surface area contributed by atoms with Crippen molar-refractivity contribution in [3.05, 3.63) is 159 Å². The van der Waals surface area contributed by atoms with Crippen molar-refractivity contribution in [2.24, 2.45) is 9.98 Å². The van der Waals surface area contributed by atoms with Gasteiger partial charge in [0.05, 0.1) is 44.2 Å². The normalized spacial score (nSPS) is 11.7. The number of para-hydroxylation sites is 2. The predicted molar refractivity (Wildman–Crippen MR) is 172 cm³/mol. The first-order valence-electron chi connectivity index (χ1n) is 12.5. The minimum atomic E-state index is 0.194. The van der Waals surface area contributed by atoms with Gasteiger partial charge in [-0.05, 0) is 49.2 Å². The summed E-state index contributed by atoms with van der Waals surface area (Å²) in [6.07, 6.45) is 0. The van der Waals surface area contributed by atoms with Gasteiger partial charge in [0.1, 0.15) is 0 Å². The number of nitrogens with zero attached hydrogens (tertiary/aromatic N) is 3. The Morgan fingerprint density at radius 1 is 0.537 bits per heavy atom. The standard InChI is InChI=1S/C33H25Cl2N3.2ClH.Fe/c1-22-12-9-18-26(34)30(22)37-32(24-14-5-3-6-15-24)28-20-11-21-29(36-28)33(25-16-7-4-8-17-25)38-31-23(2)13-10-19-27(31)35;;;/h3-21H,1-2H3;2*1H;/q;;;+2/p-2. The predicted octanol–water partition coefficient (Wildman–Crippen LogP) is 10.7. The molecule has 208 valence electrons. The topological polar surface area (TPSA) is 37.6 Å². The molecule has 0 unspecified atom stereocenters. The Morgan fingerprint density at radius 3 is 1.27 bits per heavy atom. The van der Waals surface area contributed by atoms with E-state index in [1.807, 2.05) is 129 Å². The van der Waals surface area contributed by atoms with E-state index in [0.717, 1.165) is 45.1 Å². The van der Waals surface area contributed by atoms with Gasteiger partial charge in [-0.15, -0.1) is 0 Å². The molecule has 0 amide bonds. The molecule has 1 heterocycles. The molecule has 41 heavy (non-hydrogen) atoms. The van der Waals surface area contributed by atoms with Crippen molar-refractivity contribution >= 4 is 66.2 Å². The van der Waals surface area contributed by atoms with Gasteiger partial charge in [-0.1, -0.05) is 114 Å². The molecule has 3 nitrogen and oxygen atoms in total. The monoisotopic (exact) mass is 659 g/mol. The summed E-state index contributed by atoms with van der Waals surface area (Å²) in [6, 6.07) is 37.5. The van der Waals surface area contributed by atoms with Gasteiger partial charge in [0.15, 0.2) is 0 Å². The van der Waals surface area contributed by atoms with Gasteiger partial charge in [-0.3, -0.25) is 0 Å². The first-order chi connectivity index (χ1) is 19.9. The van der Waals surface area contributed by atoms with Crippen LogP contribution in [-0.4, -0.2) is 16.4 Å². The first kappa shape index (κ1) is 31.0. The molecule has 0 saturated heterocycles. The van der Waals surface area contributed by atoms with Crippen molar-refractivity contribution in [2.75, 3.05) is 0 Å². The molecule has 0 spiro atoms. The van der Waals surface area contributed by atoms with Crippen molar-refractivity contribution in [1.82, 2.24) is 4.98 Å². The summed E-state index contributed by atoms with van der Waals surface area (Å²) in [6.45, 7) is 4.01. The molecular weight excluding hydrogens is 636 g/mol. The van der Waals surface area contributed by atoms with E-state index in [4.69, 9.17) is 58.4 Å². The SMILES string of the molecule is Cc1cccc(Cl)c1N=C(c1ccccc1)c1cccc(C(=Nc2c(C)cccc2Cl)c2ccccc2)n1.[Cl][Fe][Cl]. The molecule has 0 aliphatic carbocycles. The Bertz CT molecular complexity index is 1510. The van der Waals surface area contributed by atoms with E-state index in [-0.39, 0.29) is 13.1 Å². The van der Waals surface area contributed by atoms with Crippen LogP contribution in [0.2, 0.25) is 10.0 Å². The second kappa shape index (κ2) is 15.3. The number of halogens is 4. The van der Waals surface area contributed by atoms with Gasteiger partial charge in [-0.2, -0.15) is 0 Å². The summed E-state index contributed by atoms with van der Waals surface area (Å²) in [5.74, 6) is 0. The van der Waals surface area contributed by atoms with E-state index < -0.39 is 0 Å². The summed E-state index contributed by atoms with van der Waals surface area (Å²) >= 11 is 13.3. The van der Waals surface area contributed by atoms with Crippen molar-refractivity contribution in [2.45, 2.75) is 13.8 Å². The number of hydrogen-bond donors (Lipinski definition) is 0. The Balaban J connectivity index is 0.00000124. The van der Waals surface area contributed by atoms with Crippen LogP contribution in [0.1, 0.15) is 33.6 Å². The summed E-state index contributed by atoms with van der Waals surface area (Å²) in [7, 11) is 9.53. The van der Waals surface area contributed by atoms with Crippen molar-refractivity contribution < 1.29 is 13.1 Å². The van der Waals surface area contributed by atoms with Crippen LogP contribution in [-0.2, 0) is 13.1 Å². The fourth-order valence-electron chi connectivity index (χ4n) is 4.18. The molecule has 8 heteroatoms. The zero-order valence-electron chi connectivity index (χ0n) is 22.2. The maximum absolute atomic E-state index is 6.57. The third kappa shape index (κ3) is 8.08. The zero-order chi connectivity index (χ0) is 29.2. The third-order valence-electron chi connectivity index (χ3n) is 6.15. The third-order valence-corrected chi connectivity index (χ3v) is 6.76. The van der Waals surface area contributed by atoms with Crippen molar-refractivity contribution in [1.29, 1.82) is 0 Å². The van der Waals surface area contributed by atoms with Gasteiger partial charge in [0.25, 0.3) is 0 Å². The Hall–Kier alpha value is -2.95. The van der Waals surface area contributed by atoms with Gasteiger partial charge < -0.3 is 0 Å². The maximum atomic E-state index is 6.57. The number of aromatic nitrogens is 1. The molecule has 1 aromatic heterocycles. The van der Waals surface area contributed by atoms with E-state index in [1.54, 1.807) is 0 Å². The van der Waals surface area contributed by atoms with Crippen LogP contribution < -0.4 is 0 Å². The second-order valence-corrected chi connectivity index (χ2v) is 11.6. The average Bonchev–Trinajstić information content (AvgIpc) is 2.98. The van der Waals surface area contributed by atoms with Crippen LogP contribution >= 0.6 is 43.4 Å².